The monoisotopic (exact) mass is 243 g/mol. The fourth-order valence-corrected chi connectivity index (χ4v) is 1.78. The SMILES string of the molecule is CNCc1ccccc1Oc1nc(C)cc(C)n1. The molecular weight excluding hydrogens is 226 g/mol. The van der Waals surface area contributed by atoms with Crippen molar-refractivity contribution in [2.75, 3.05) is 7.05 Å². The molecule has 0 aliphatic rings. The summed E-state index contributed by atoms with van der Waals surface area (Å²) in [5.74, 6) is 0.789. The summed E-state index contributed by atoms with van der Waals surface area (Å²) in [6, 6.07) is 10.2. The van der Waals surface area contributed by atoms with Crippen molar-refractivity contribution in [2.24, 2.45) is 0 Å². The second-order valence-corrected chi connectivity index (χ2v) is 4.17. The van der Waals surface area contributed by atoms with E-state index in [4.69, 9.17) is 4.74 Å². The van der Waals surface area contributed by atoms with Crippen LogP contribution in [0.15, 0.2) is 30.3 Å². The highest BCUT2D eigenvalue weighted by Gasteiger charge is 2.06. The molecule has 0 bridgehead atoms. The number of aryl methyl sites for hydroxylation is 2. The minimum absolute atomic E-state index is 0.399. The minimum atomic E-state index is 0.399. The Balaban J connectivity index is 2.27. The third-order valence-corrected chi connectivity index (χ3v) is 2.50. The second kappa shape index (κ2) is 5.60. The molecule has 2 rings (SSSR count). The van der Waals surface area contributed by atoms with E-state index >= 15 is 0 Å². The Labute approximate surface area is 107 Å². The lowest BCUT2D eigenvalue weighted by Gasteiger charge is -2.10. The molecule has 0 radical (unpaired) electrons. The molecule has 2 aromatic rings. The molecular formula is C14H17N3O. The zero-order valence-electron chi connectivity index (χ0n) is 10.9. The Hall–Kier alpha value is -1.94. The van der Waals surface area contributed by atoms with E-state index in [0.29, 0.717) is 6.01 Å². The van der Waals surface area contributed by atoms with Gasteiger partial charge in [-0.1, -0.05) is 18.2 Å². The summed E-state index contributed by atoms with van der Waals surface area (Å²) in [5.41, 5.74) is 2.90. The van der Waals surface area contributed by atoms with Crippen LogP contribution in [0.5, 0.6) is 11.8 Å². The third-order valence-electron chi connectivity index (χ3n) is 2.50. The first kappa shape index (κ1) is 12.5. The van der Waals surface area contributed by atoms with Crippen LogP contribution in [0.2, 0.25) is 0 Å². The number of para-hydroxylation sites is 1. The van der Waals surface area contributed by atoms with Crippen LogP contribution >= 0.6 is 0 Å². The van der Waals surface area contributed by atoms with Crippen molar-refractivity contribution in [1.82, 2.24) is 15.3 Å². The van der Waals surface area contributed by atoms with Gasteiger partial charge in [-0.3, -0.25) is 0 Å². The van der Waals surface area contributed by atoms with Crippen LogP contribution in [0.3, 0.4) is 0 Å². The van der Waals surface area contributed by atoms with Gasteiger partial charge < -0.3 is 10.1 Å². The number of rotatable bonds is 4. The zero-order valence-corrected chi connectivity index (χ0v) is 10.9. The topological polar surface area (TPSA) is 47.0 Å². The van der Waals surface area contributed by atoms with Gasteiger partial charge in [0.2, 0.25) is 0 Å². The Kier molecular flexibility index (Phi) is 3.89. The second-order valence-electron chi connectivity index (χ2n) is 4.17. The van der Waals surface area contributed by atoms with E-state index in [-0.39, 0.29) is 0 Å². The molecule has 0 atom stereocenters. The molecule has 4 heteroatoms. The first-order valence-electron chi connectivity index (χ1n) is 5.91. The van der Waals surface area contributed by atoms with Gasteiger partial charge >= 0.3 is 6.01 Å². The molecule has 94 valence electrons. The predicted molar refractivity (Wildman–Crippen MR) is 70.8 cm³/mol. The standard InChI is InChI=1S/C14H17N3O/c1-10-8-11(2)17-14(16-10)18-13-7-5-4-6-12(13)9-15-3/h4-8,15H,9H2,1-3H3. The normalized spacial score (nSPS) is 10.4. The van der Waals surface area contributed by atoms with Crippen molar-refractivity contribution in [3.05, 3.63) is 47.3 Å². The van der Waals surface area contributed by atoms with Gasteiger partial charge in [0.15, 0.2) is 0 Å². The fraction of sp³-hybridized carbons (Fsp3) is 0.286. The summed E-state index contributed by atoms with van der Waals surface area (Å²) in [4.78, 5) is 8.55. The van der Waals surface area contributed by atoms with Gasteiger partial charge in [-0.05, 0) is 33.0 Å². The number of hydrogen-bond donors (Lipinski definition) is 1. The van der Waals surface area contributed by atoms with Crippen LogP contribution in [-0.2, 0) is 6.54 Å². The van der Waals surface area contributed by atoms with Crippen molar-refractivity contribution in [3.8, 4) is 11.8 Å². The van der Waals surface area contributed by atoms with Gasteiger partial charge in [-0.2, -0.15) is 0 Å². The summed E-state index contributed by atoms with van der Waals surface area (Å²) in [5, 5.41) is 3.11. The van der Waals surface area contributed by atoms with E-state index in [9.17, 15) is 0 Å². The molecule has 1 aromatic carbocycles. The van der Waals surface area contributed by atoms with Gasteiger partial charge in [0.25, 0.3) is 0 Å². The third kappa shape index (κ3) is 3.05. The molecule has 0 spiro atoms. The molecule has 0 saturated heterocycles. The first-order chi connectivity index (χ1) is 8.69. The van der Waals surface area contributed by atoms with Crippen molar-refractivity contribution in [1.29, 1.82) is 0 Å². The van der Waals surface area contributed by atoms with Crippen LogP contribution < -0.4 is 10.1 Å². The molecule has 0 fully saturated rings. The Morgan fingerprint density at radius 2 is 1.78 bits per heavy atom. The zero-order chi connectivity index (χ0) is 13.0. The highest BCUT2D eigenvalue weighted by Crippen LogP contribution is 2.22. The molecule has 0 unspecified atom stereocenters. The molecule has 0 amide bonds. The maximum atomic E-state index is 5.76. The smallest absolute Gasteiger partial charge is 0.322 e. The van der Waals surface area contributed by atoms with Crippen molar-refractivity contribution >= 4 is 0 Å². The molecule has 0 aliphatic heterocycles. The average Bonchev–Trinajstić information content (AvgIpc) is 2.30. The van der Waals surface area contributed by atoms with Gasteiger partial charge in [0.05, 0.1) is 0 Å². The lowest BCUT2D eigenvalue weighted by Crippen LogP contribution is -2.06. The average molecular weight is 243 g/mol. The molecule has 1 aromatic heterocycles. The summed E-state index contributed by atoms with van der Waals surface area (Å²) < 4.78 is 5.76. The van der Waals surface area contributed by atoms with Crippen LogP contribution in [0.1, 0.15) is 17.0 Å². The lowest BCUT2D eigenvalue weighted by molar-refractivity contribution is 0.432. The summed E-state index contributed by atoms with van der Waals surface area (Å²) in [7, 11) is 1.91. The maximum Gasteiger partial charge on any atom is 0.322 e. The van der Waals surface area contributed by atoms with Gasteiger partial charge in [0.1, 0.15) is 5.75 Å². The van der Waals surface area contributed by atoms with Crippen molar-refractivity contribution in [3.63, 3.8) is 0 Å². The number of ether oxygens (including phenoxy) is 1. The highest BCUT2D eigenvalue weighted by atomic mass is 16.5. The molecule has 1 N–H and O–H groups in total. The lowest BCUT2D eigenvalue weighted by atomic mass is 10.2. The van der Waals surface area contributed by atoms with Crippen LogP contribution in [0.4, 0.5) is 0 Å². The Morgan fingerprint density at radius 3 is 2.44 bits per heavy atom. The highest BCUT2D eigenvalue weighted by molar-refractivity contribution is 5.35. The number of benzene rings is 1. The van der Waals surface area contributed by atoms with Crippen LogP contribution in [-0.4, -0.2) is 17.0 Å². The van der Waals surface area contributed by atoms with Gasteiger partial charge in [-0.15, -0.1) is 0 Å². The summed E-state index contributed by atoms with van der Waals surface area (Å²) in [6.45, 7) is 4.61. The van der Waals surface area contributed by atoms with E-state index in [1.54, 1.807) is 0 Å². The fourth-order valence-electron chi connectivity index (χ4n) is 1.78. The maximum absolute atomic E-state index is 5.76. The molecule has 0 aliphatic carbocycles. The van der Waals surface area contributed by atoms with Crippen molar-refractivity contribution in [2.45, 2.75) is 20.4 Å². The van der Waals surface area contributed by atoms with E-state index in [1.807, 2.05) is 51.2 Å². The first-order valence-corrected chi connectivity index (χ1v) is 5.91. The van der Waals surface area contributed by atoms with E-state index < -0.39 is 0 Å². The molecule has 0 saturated carbocycles. The number of nitrogens with one attached hydrogen (secondary N) is 1. The van der Waals surface area contributed by atoms with Crippen molar-refractivity contribution < 1.29 is 4.74 Å². The molecule has 4 nitrogen and oxygen atoms in total. The van der Waals surface area contributed by atoms with Gasteiger partial charge in [-0.25, -0.2) is 9.97 Å². The van der Waals surface area contributed by atoms with Crippen LogP contribution in [0.25, 0.3) is 0 Å². The number of aromatic nitrogens is 2. The van der Waals surface area contributed by atoms with Crippen LogP contribution in [0, 0.1) is 13.8 Å². The summed E-state index contributed by atoms with van der Waals surface area (Å²) in [6.07, 6.45) is 0. The largest absolute Gasteiger partial charge is 0.424 e. The quantitative estimate of drug-likeness (QED) is 0.896. The Morgan fingerprint density at radius 1 is 1.11 bits per heavy atom. The predicted octanol–water partition coefficient (Wildman–Crippen LogP) is 2.61. The van der Waals surface area contributed by atoms with Gasteiger partial charge in [0, 0.05) is 23.5 Å². The number of nitrogens with zero attached hydrogens (tertiary/aromatic N) is 2. The van der Waals surface area contributed by atoms with E-state index in [0.717, 1.165) is 29.2 Å². The van der Waals surface area contributed by atoms with E-state index in [2.05, 4.69) is 15.3 Å². The number of hydrogen-bond acceptors (Lipinski definition) is 4. The minimum Gasteiger partial charge on any atom is -0.424 e. The molecule has 1 heterocycles. The summed E-state index contributed by atoms with van der Waals surface area (Å²) >= 11 is 0. The van der Waals surface area contributed by atoms with E-state index in [1.165, 1.54) is 0 Å². The molecule has 18 heavy (non-hydrogen) atoms. The Bertz CT molecular complexity index is 520.